The number of para-hydroxylation sites is 1. The van der Waals surface area contributed by atoms with Gasteiger partial charge in [-0.2, -0.15) is 0 Å². The minimum Gasteiger partial charge on any atom is -0.444 e. The smallest absolute Gasteiger partial charge is 0.410 e. The third kappa shape index (κ3) is 4.50. The zero-order valence-corrected chi connectivity index (χ0v) is 14.9. The standard InChI is InChI=1S/C20H24N2O3/c1-20(2,3)25-19(23)22-13-7-10-17(22)15-11-12-18(21-14-15)24-16-8-5-4-6-9-16/h4-6,8-9,11-12,14,17H,7,10,13H2,1-3H3/t17-/m0/s1. The largest absolute Gasteiger partial charge is 0.444 e. The Morgan fingerprint density at radius 3 is 2.56 bits per heavy atom. The Bertz CT molecular complexity index is 708. The van der Waals surface area contributed by atoms with E-state index >= 15 is 0 Å². The highest BCUT2D eigenvalue weighted by molar-refractivity contribution is 5.69. The number of hydrogen-bond acceptors (Lipinski definition) is 4. The first-order valence-electron chi connectivity index (χ1n) is 8.61. The Hall–Kier alpha value is -2.56. The van der Waals surface area contributed by atoms with Crippen LogP contribution in [0.5, 0.6) is 11.6 Å². The number of benzene rings is 1. The quantitative estimate of drug-likeness (QED) is 0.793. The van der Waals surface area contributed by atoms with Gasteiger partial charge in [-0.15, -0.1) is 0 Å². The van der Waals surface area contributed by atoms with Gasteiger partial charge in [0.2, 0.25) is 5.88 Å². The zero-order chi connectivity index (χ0) is 17.9. The number of likely N-dealkylation sites (tertiary alicyclic amines) is 1. The monoisotopic (exact) mass is 340 g/mol. The van der Waals surface area contributed by atoms with Gasteiger partial charge >= 0.3 is 6.09 Å². The fourth-order valence-electron chi connectivity index (χ4n) is 2.91. The molecule has 1 atom stereocenters. The fraction of sp³-hybridized carbons (Fsp3) is 0.400. The second-order valence-electron chi connectivity index (χ2n) is 7.18. The van der Waals surface area contributed by atoms with Gasteiger partial charge in [-0.25, -0.2) is 9.78 Å². The summed E-state index contributed by atoms with van der Waals surface area (Å²) in [4.78, 5) is 18.6. The molecule has 132 valence electrons. The van der Waals surface area contributed by atoms with Gasteiger partial charge in [0.15, 0.2) is 0 Å². The van der Waals surface area contributed by atoms with Crippen molar-refractivity contribution in [3.63, 3.8) is 0 Å². The maximum Gasteiger partial charge on any atom is 0.410 e. The molecule has 0 radical (unpaired) electrons. The van der Waals surface area contributed by atoms with Crippen molar-refractivity contribution in [1.29, 1.82) is 0 Å². The summed E-state index contributed by atoms with van der Waals surface area (Å²) < 4.78 is 11.2. The summed E-state index contributed by atoms with van der Waals surface area (Å²) in [7, 11) is 0. The van der Waals surface area contributed by atoms with Crippen molar-refractivity contribution in [3.05, 3.63) is 54.2 Å². The maximum atomic E-state index is 12.4. The first kappa shape index (κ1) is 17.3. The first-order chi connectivity index (χ1) is 11.9. The molecule has 1 aromatic heterocycles. The van der Waals surface area contributed by atoms with Gasteiger partial charge in [0.25, 0.3) is 0 Å². The minimum absolute atomic E-state index is 0.00752. The normalized spacial score (nSPS) is 17.4. The number of rotatable bonds is 3. The average Bonchev–Trinajstić information content (AvgIpc) is 3.05. The molecular formula is C20H24N2O3. The topological polar surface area (TPSA) is 51.7 Å². The Morgan fingerprint density at radius 2 is 1.92 bits per heavy atom. The Balaban J connectivity index is 1.69. The Kier molecular flexibility index (Phi) is 4.93. The van der Waals surface area contributed by atoms with E-state index < -0.39 is 5.60 Å². The molecule has 1 amide bonds. The molecule has 1 saturated heterocycles. The minimum atomic E-state index is -0.490. The van der Waals surface area contributed by atoms with E-state index in [9.17, 15) is 4.79 Å². The van der Waals surface area contributed by atoms with Crippen molar-refractivity contribution in [1.82, 2.24) is 9.88 Å². The van der Waals surface area contributed by atoms with E-state index in [0.717, 1.165) is 24.2 Å². The molecule has 0 saturated carbocycles. The van der Waals surface area contributed by atoms with E-state index in [1.807, 2.05) is 63.2 Å². The molecule has 5 nitrogen and oxygen atoms in total. The summed E-state index contributed by atoms with van der Waals surface area (Å²) in [5, 5.41) is 0. The van der Waals surface area contributed by atoms with E-state index in [-0.39, 0.29) is 12.1 Å². The first-order valence-corrected chi connectivity index (χ1v) is 8.61. The van der Waals surface area contributed by atoms with Crippen LogP contribution in [0.3, 0.4) is 0 Å². The lowest BCUT2D eigenvalue weighted by Gasteiger charge is -2.28. The van der Waals surface area contributed by atoms with Crippen LogP contribution < -0.4 is 4.74 Å². The highest BCUT2D eigenvalue weighted by Gasteiger charge is 2.33. The van der Waals surface area contributed by atoms with Crippen LogP contribution in [0.4, 0.5) is 4.79 Å². The lowest BCUT2D eigenvalue weighted by atomic mass is 10.1. The fourth-order valence-corrected chi connectivity index (χ4v) is 2.91. The molecule has 25 heavy (non-hydrogen) atoms. The van der Waals surface area contributed by atoms with Crippen LogP contribution >= 0.6 is 0 Å². The number of hydrogen-bond donors (Lipinski definition) is 0. The molecule has 1 aliphatic rings. The third-order valence-electron chi connectivity index (χ3n) is 3.99. The van der Waals surface area contributed by atoms with E-state index in [1.165, 1.54) is 0 Å². The number of pyridine rings is 1. The summed E-state index contributed by atoms with van der Waals surface area (Å²) in [6, 6.07) is 13.4. The lowest BCUT2D eigenvalue weighted by Crippen LogP contribution is -2.36. The SMILES string of the molecule is CC(C)(C)OC(=O)N1CCC[C@H]1c1ccc(Oc2ccccc2)nc1. The van der Waals surface area contributed by atoms with Crippen molar-refractivity contribution < 1.29 is 14.3 Å². The van der Waals surface area contributed by atoms with Gasteiger partial charge in [0.1, 0.15) is 11.4 Å². The predicted octanol–water partition coefficient (Wildman–Crippen LogP) is 4.95. The Morgan fingerprint density at radius 1 is 1.16 bits per heavy atom. The van der Waals surface area contributed by atoms with Crippen molar-refractivity contribution >= 4 is 6.09 Å². The third-order valence-corrected chi connectivity index (χ3v) is 3.99. The van der Waals surface area contributed by atoms with Crippen LogP contribution in [0.2, 0.25) is 0 Å². The molecular weight excluding hydrogens is 316 g/mol. The van der Waals surface area contributed by atoms with E-state index in [1.54, 1.807) is 11.1 Å². The predicted molar refractivity (Wildman–Crippen MR) is 95.7 cm³/mol. The van der Waals surface area contributed by atoms with Gasteiger partial charge in [0.05, 0.1) is 6.04 Å². The molecule has 5 heteroatoms. The van der Waals surface area contributed by atoms with Crippen LogP contribution in [0.15, 0.2) is 48.7 Å². The second-order valence-corrected chi connectivity index (χ2v) is 7.18. The molecule has 2 aromatic rings. The summed E-state index contributed by atoms with van der Waals surface area (Å²) in [6.45, 7) is 6.36. The van der Waals surface area contributed by atoms with Crippen molar-refractivity contribution in [2.45, 2.75) is 45.3 Å². The molecule has 3 rings (SSSR count). The highest BCUT2D eigenvalue weighted by Crippen LogP contribution is 2.33. The van der Waals surface area contributed by atoms with E-state index in [4.69, 9.17) is 9.47 Å². The van der Waals surface area contributed by atoms with Gasteiger partial charge in [-0.05, 0) is 51.3 Å². The Labute approximate surface area is 148 Å². The molecule has 0 N–H and O–H groups in total. The lowest BCUT2D eigenvalue weighted by molar-refractivity contribution is 0.0224. The van der Waals surface area contributed by atoms with Gasteiger partial charge in [0, 0.05) is 18.8 Å². The molecule has 2 heterocycles. The van der Waals surface area contributed by atoms with Gasteiger partial charge in [-0.1, -0.05) is 24.3 Å². The summed E-state index contributed by atoms with van der Waals surface area (Å²) in [6.07, 6.45) is 3.40. The van der Waals surface area contributed by atoms with E-state index in [2.05, 4.69) is 4.98 Å². The number of aromatic nitrogens is 1. The van der Waals surface area contributed by atoms with Crippen LogP contribution in [-0.4, -0.2) is 28.1 Å². The van der Waals surface area contributed by atoms with Crippen LogP contribution in [0.25, 0.3) is 0 Å². The molecule has 1 fully saturated rings. The average molecular weight is 340 g/mol. The van der Waals surface area contributed by atoms with Crippen LogP contribution in [0.1, 0.15) is 45.2 Å². The van der Waals surface area contributed by atoms with Crippen molar-refractivity contribution in [3.8, 4) is 11.6 Å². The van der Waals surface area contributed by atoms with Crippen molar-refractivity contribution in [2.75, 3.05) is 6.54 Å². The van der Waals surface area contributed by atoms with Crippen molar-refractivity contribution in [2.24, 2.45) is 0 Å². The number of carbonyl (C=O) groups is 1. The summed E-state index contributed by atoms with van der Waals surface area (Å²) in [5.41, 5.74) is 0.513. The summed E-state index contributed by atoms with van der Waals surface area (Å²) >= 11 is 0. The number of ether oxygens (including phenoxy) is 2. The van der Waals surface area contributed by atoms with Crippen LogP contribution in [0, 0.1) is 0 Å². The van der Waals surface area contributed by atoms with E-state index in [0.29, 0.717) is 12.4 Å². The van der Waals surface area contributed by atoms with Gasteiger partial charge in [-0.3, -0.25) is 0 Å². The summed E-state index contributed by atoms with van der Waals surface area (Å²) in [5.74, 6) is 1.29. The molecule has 0 unspecified atom stereocenters. The molecule has 0 aliphatic carbocycles. The maximum absolute atomic E-state index is 12.4. The van der Waals surface area contributed by atoms with Crippen LogP contribution in [-0.2, 0) is 4.74 Å². The highest BCUT2D eigenvalue weighted by atomic mass is 16.6. The zero-order valence-electron chi connectivity index (χ0n) is 14.9. The molecule has 0 spiro atoms. The van der Waals surface area contributed by atoms with Gasteiger partial charge < -0.3 is 14.4 Å². The number of nitrogens with zero attached hydrogens (tertiary/aromatic N) is 2. The second kappa shape index (κ2) is 7.13. The molecule has 1 aliphatic heterocycles. The molecule has 1 aromatic carbocycles. The number of carbonyl (C=O) groups excluding carboxylic acids is 1. The number of amides is 1. The molecule has 0 bridgehead atoms.